The van der Waals surface area contributed by atoms with E-state index in [-0.39, 0.29) is 5.82 Å². The number of rotatable bonds is 7. The van der Waals surface area contributed by atoms with Gasteiger partial charge in [0, 0.05) is 23.7 Å². The van der Waals surface area contributed by atoms with Crippen LogP contribution in [0.4, 0.5) is 15.9 Å². The van der Waals surface area contributed by atoms with Crippen LogP contribution in [-0.2, 0) is 12.8 Å². The van der Waals surface area contributed by atoms with Crippen LogP contribution in [0.3, 0.4) is 0 Å². The predicted molar refractivity (Wildman–Crippen MR) is 166 cm³/mol. The molecule has 1 aromatic heterocycles. The van der Waals surface area contributed by atoms with Crippen molar-refractivity contribution >= 4 is 17.2 Å². The lowest BCUT2D eigenvalue weighted by molar-refractivity contribution is 0.251. The van der Waals surface area contributed by atoms with Crippen molar-refractivity contribution in [2.75, 3.05) is 23.9 Å². The molecule has 2 aromatic carbocycles. The predicted octanol–water partition coefficient (Wildman–Crippen LogP) is 8.35. The Morgan fingerprint density at radius 1 is 1.02 bits per heavy atom. The fourth-order valence-corrected chi connectivity index (χ4v) is 6.38. The average molecular weight is 551 g/mol. The average Bonchev–Trinajstić information content (AvgIpc) is 3.40. The van der Waals surface area contributed by atoms with Gasteiger partial charge in [0.25, 0.3) is 0 Å². The maximum atomic E-state index is 13.6. The summed E-state index contributed by atoms with van der Waals surface area (Å²) in [7, 11) is 0. The van der Waals surface area contributed by atoms with Gasteiger partial charge in [-0.25, -0.2) is 9.37 Å². The number of aliphatic imine (C=N–C) groups is 1. The Bertz CT molecular complexity index is 1490. The van der Waals surface area contributed by atoms with Gasteiger partial charge in [-0.05, 0) is 116 Å². The first-order chi connectivity index (χ1) is 20.1. The molecule has 0 bridgehead atoms. The van der Waals surface area contributed by atoms with Crippen LogP contribution in [-0.4, -0.2) is 24.0 Å². The van der Waals surface area contributed by atoms with Gasteiger partial charge in [0.05, 0.1) is 19.0 Å². The Labute approximate surface area is 242 Å². The molecular weight excluding hydrogens is 511 g/mol. The van der Waals surface area contributed by atoms with Gasteiger partial charge in [-0.3, -0.25) is 4.99 Å². The first-order valence-electron chi connectivity index (χ1n) is 15.0. The highest BCUT2D eigenvalue weighted by atomic mass is 19.1. The number of pyridine rings is 1. The molecule has 3 aromatic rings. The monoisotopic (exact) mass is 550 g/mol. The third-order valence-corrected chi connectivity index (χ3v) is 8.84. The molecule has 0 saturated carbocycles. The molecule has 2 N–H and O–H groups in total. The molecular formula is C35H39FN4O. The van der Waals surface area contributed by atoms with Crippen molar-refractivity contribution in [3.63, 3.8) is 0 Å². The summed E-state index contributed by atoms with van der Waals surface area (Å²) in [6, 6.07) is 15.6. The second-order valence-corrected chi connectivity index (χ2v) is 11.4. The number of nitrogens with zero attached hydrogens (tertiary/aromatic N) is 2. The lowest BCUT2D eigenvalue weighted by atomic mass is 9.82. The number of aryl methyl sites for hydroxylation is 1. The van der Waals surface area contributed by atoms with E-state index in [1.165, 1.54) is 22.3 Å². The molecule has 0 amide bonds. The van der Waals surface area contributed by atoms with Gasteiger partial charge in [0.1, 0.15) is 11.6 Å². The second kappa shape index (κ2) is 12.3. The highest BCUT2D eigenvalue weighted by molar-refractivity contribution is 6.00. The van der Waals surface area contributed by atoms with Gasteiger partial charge in [-0.15, -0.1) is 0 Å². The van der Waals surface area contributed by atoms with Gasteiger partial charge in [0.15, 0.2) is 5.82 Å². The van der Waals surface area contributed by atoms with Crippen molar-refractivity contribution < 1.29 is 9.13 Å². The fourth-order valence-electron chi connectivity index (χ4n) is 6.38. The Morgan fingerprint density at radius 2 is 1.90 bits per heavy atom. The summed E-state index contributed by atoms with van der Waals surface area (Å²) in [5, 5.41) is 6.59. The van der Waals surface area contributed by atoms with E-state index >= 15 is 0 Å². The molecule has 6 heteroatoms. The highest BCUT2D eigenvalue weighted by Crippen LogP contribution is 2.36. The largest absolute Gasteiger partial charge is 0.493 e. The number of fused-ring (bicyclic) bond motifs is 2. The summed E-state index contributed by atoms with van der Waals surface area (Å²) in [6.07, 6.45) is 13.4. The highest BCUT2D eigenvalue weighted by Gasteiger charge is 2.22. The summed E-state index contributed by atoms with van der Waals surface area (Å²) < 4.78 is 19.9. The topological polar surface area (TPSA) is 58.5 Å². The van der Waals surface area contributed by atoms with Gasteiger partial charge >= 0.3 is 0 Å². The number of hydrogen-bond donors (Lipinski definition) is 2. The van der Waals surface area contributed by atoms with Crippen LogP contribution in [0.25, 0.3) is 11.1 Å². The smallest absolute Gasteiger partial charge is 0.150 e. The van der Waals surface area contributed by atoms with Gasteiger partial charge < -0.3 is 15.4 Å². The van der Waals surface area contributed by atoms with E-state index in [4.69, 9.17) is 9.73 Å². The number of hydrogen-bond acceptors (Lipinski definition) is 5. The summed E-state index contributed by atoms with van der Waals surface area (Å²) in [5.41, 5.74) is 9.64. The number of nitrogens with one attached hydrogen (secondary N) is 2. The molecule has 0 aliphatic carbocycles. The van der Waals surface area contributed by atoms with Crippen molar-refractivity contribution in [3.8, 4) is 16.9 Å². The lowest BCUT2D eigenvalue weighted by Crippen LogP contribution is -2.15. The zero-order chi connectivity index (χ0) is 28.2. The molecule has 4 heterocycles. The van der Waals surface area contributed by atoms with Crippen LogP contribution >= 0.6 is 0 Å². The standard InChI is InChI=1S/C35H39FN4O/c1-3-26-14-16-37-23(2)32(18-25-5-10-30(36)11-6-25)31(26)12-7-24-4-8-28-19-27(9-13-34(28)41-17-15-24)29-20-33-35(38-21-29)40-22-39-33/h5-6,9-11,13-14,16,19-21,24,26,39H,3-4,7-8,12,15,17-18,22H2,1-2H3,(H,38,40). The number of ether oxygens (including phenoxy) is 1. The van der Waals surface area contributed by atoms with Crippen molar-refractivity contribution in [1.29, 1.82) is 0 Å². The molecule has 3 aliphatic heterocycles. The molecule has 2 unspecified atom stereocenters. The van der Waals surface area contributed by atoms with Gasteiger partial charge in [-0.1, -0.05) is 36.8 Å². The van der Waals surface area contributed by atoms with Crippen molar-refractivity contribution in [3.05, 3.63) is 95.1 Å². The van der Waals surface area contributed by atoms with E-state index in [0.717, 1.165) is 92.3 Å². The van der Waals surface area contributed by atoms with Gasteiger partial charge in [-0.2, -0.15) is 0 Å². The van der Waals surface area contributed by atoms with Crippen molar-refractivity contribution in [2.45, 2.75) is 58.8 Å². The molecule has 212 valence electrons. The lowest BCUT2D eigenvalue weighted by Gasteiger charge is -2.25. The molecule has 0 spiro atoms. The van der Waals surface area contributed by atoms with E-state index in [1.807, 2.05) is 24.5 Å². The van der Waals surface area contributed by atoms with Crippen LogP contribution in [0.15, 0.2) is 83.1 Å². The zero-order valence-electron chi connectivity index (χ0n) is 24.1. The normalized spacial score (nSPS) is 20.0. The maximum absolute atomic E-state index is 13.6. The quantitative estimate of drug-likeness (QED) is 0.310. The van der Waals surface area contributed by atoms with E-state index < -0.39 is 0 Å². The molecule has 6 rings (SSSR count). The van der Waals surface area contributed by atoms with Crippen molar-refractivity contribution in [2.24, 2.45) is 16.8 Å². The minimum absolute atomic E-state index is 0.194. The third kappa shape index (κ3) is 6.22. The first-order valence-corrected chi connectivity index (χ1v) is 15.0. The molecule has 0 fully saturated rings. The Balaban J connectivity index is 1.18. The number of anilines is 2. The minimum atomic E-state index is -0.194. The van der Waals surface area contributed by atoms with E-state index in [1.54, 1.807) is 12.1 Å². The summed E-state index contributed by atoms with van der Waals surface area (Å²) >= 11 is 0. The Morgan fingerprint density at radius 3 is 2.76 bits per heavy atom. The fraction of sp³-hybridized carbons (Fsp3) is 0.371. The minimum Gasteiger partial charge on any atom is -0.493 e. The van der Waals surface area contributed by atoms with Crippen LogP contribution in [0.5, 0.6) is 5.75 Å². The number of benzene rings is 2. The van der Waals surface area contributed by atoms with E-state index in [0.29, 0.717) is 11.8 Å². The van der Waals surface area contributed by atoms with Crippen LogP contribution in [0, 0.1) is 17.7 Å². The van der Waals surface area contributed by atoms with E-state index in [2.05, 4.69) is 59.8 Å². The summed E-state index contributed by atoms with van der Waals surface area (Å²) in [6.45, 7) is 5.83. The van der Waals surface area contributed by atoms with Gasteiger partial charge in [0.2, 0.25) is 0 Å². The molecule has 2 atom stereocenters. The number of allylic oxidation sites excluding steroid dienone is 3. The number of aromatic nitrogens is 1. The van der Waals surface area contributed by atoms with Crippen LogP contribution in [0.2, 0.25) is 0 Å². The molecule has 3 aliphatic rings. The number of halogens is 1. The van der Waals surface area contributed by atoms with Crippen molar-refractivity contribution in [1.82, 2.24) is 4.98 Å². The summed E-state index contributed by atoms with van der Waals surface area (Å²) in [5.74, 6) is 2.70. The molecule has 41 heavy (non-hydrogen) atoms. The second-order valence-electron chi connectivity index (χ2n) is 11.4. The maximum Gasteiger partial charge on any atom is 0.150 e. The zero-order valence-corrected chi connectivity index (χ0v) is 24.1. The van der Waals surface area contributed by atoms with Crippen LogP contribution < -0.4 is 15.4 Å². The Kier molecular flexibility index (Phi) is 8.17. The summed E-state index contributed by atoms with van der Waals surface area (Å²) in [4.78, 5) is 9.32. The SMILES string of the molecule is CCC1C=CN=C(C)C(Cc2ccc(F)cc2)=C1CCC1CCOc2ccc(-c3cnc4c(c3)NCN4)cc2CC1. The molecule has 0 radical (unpaired) electrons. The van der Waals surface area contributed by atoms with E-state index in [9.17, 15) is 4.39 Å². The third-order valence-electron chi connectivity index (χ3n) is 8.84. The molecule has 5 nitrogen and oxygen atoms in total. The first kappa shape index (κ1) is 27.3. The van der Waals surface area contributed by atoms with Crippen LogP contribution in [0.1, 0.15) is 57.1 Å². The molecule has 0 saturated heterocycles. The Hall–Kier alpha value is -3.93.